The summed E-state index contributed by atoms with van der Waals surface area (Å²) in [6, 6.07) is 3.98. The van der Waals surface area contributed by atoms with Crippen LogP contribution in [0.5, 0.6) is 0 Å². The molecule has 5 nitrogen and oxygen atoms in total. The molecule has 2 aromatic rings. The van der Waals surface area contributed by atoms with Crippen LogP contribution in [-0.4, -0.2) is 34.2 Å². The zero-order valence-electron chi connectivity index (χ0n) is 10.5. The predicted octanol–water partition coefficient (Wildman–Crippen LogP) is 1.29. The Labute approximate surface area is 107 Å². The van der Waals surface area contributed by atoms with Gasteiger partial charge in [0.1, 0.15) is 5.82 Å². The zero-order valence-corrected chi connectivity index (χ0v) is 10.5. The topological polar surface area (TPSA) is 59.5 Å². The molecule has 3 heterocycles. The monoisotopic (exact) mass is 245 g/mol. The molecule has 0 saturated carbocycles. The van der Waals surface area contributed by atoms with Crippen LogP contribution in [0.4, 0.5) is 5.82 Å². The summed E-state index contributed by atoms with van der Waals surface area (Å²) in [6.45, 7) is 2.96. The van der Waals surface area contributed by atoms with E-state index in [0.717, 1.165) is 37.5 Å². The average molecular weight is 245 g/mol. The van der Waals surface area contributed by atoms with E-state index in [9.17, 15) is 0 Å². The Balaban J connectivity index is 1.80. The molecule has 1 saturated heterocycles. The molecule has 1 fully saturated rings. The molecular weight excluding hydrogens is 226 g/mol. The molecular formula is C13H19N5. The van der Waals surface area contributed by atoms with Crippen molar-refractivity contribution in [2.24, 2.45) is 11.7 Å². The van der Waals surface area contributed by atoms with Crippen molar-refractivity contribution in [3.63, 3.8) is 0 Å². The molecule has 1 atom stereocenters. The lowest BCUT2D eigenvalue weighted by molar-refractivity contribution is 0.394. The van der Waals surface area contributed by atoms with E-state index in [4.69, 9.17) is 5.73 Å². The minimum Gasteiger partial charge on any atom is -0.356 e. The maximum Gasteiger partial charge on any atom is 0.157 e. The average Bonchev–Trinajstić information content (AvgIpc) is 2.86. The molecule has 1 aliphatic rings. The van der Waals surface area contributed by atoms with Crippen molar-refractivity contribution < 1.29 is 0 Å². The number of nitrogens with zero attached hydrogens (tertiary/aromatic N) is 4. The van der Waals surface area contributed by atoms with Crippen molar-refractivity contribution in [2.75, 3.05) is 24.5 Å². The van der Waals surface area contributed by atoms with Crippen molar-refractivity contribution in [1.82, 2.24) is 14.6 Å². The van der Waals surface area contributed by atoms with E-state index in [1.807, 2.05) is 18.3 Å². The van der Waals surface area contributed by atoms with Gasteiger partial charge in [0, 0.05) is 25.4 Å². The Morgan fingerprint density at radius 3 is 3.22 bits per heavy atom. The highest BCUT2D eigenvalue weighted by atomic mass is 15.3. The molecule has 0 amide bonds. The molecule has 0 spiro atoms. The number of rotatable bonds is 3. The van der Waals surface area contributed by atoms with E-state index in [0.29, 0.717) is 5.92 Å². The molecule has 0 aromatic carbocycles. The van der Waals surface area contributed by atoms with Crippen LogP contribution in [-0.2, 0) is 0 Å². The number of aromatic nitrogens is 3. The maximum atomic E-state index is 5.66. The molecule has 5 heteroatoms. The van der Waals surface area contributed by atoms with Gasteiger partial charge in [0.25, 0.3) is 0 Å². The first-order chi connectivity index (χ1) is 8.86. The second-order valence-corrected chi connectivity index (χ2v) is 4.95. The van der Waals surface area contributed by atoms with Gasteiger partial charge in [-0.25, -0.2) is 9.50 Å². The lowest BCUT2D eigenvalue weighted by Gasteiger charge is -2.33. The van der Waals surface area contributed by atoms with Crippen LogP contribution < -0.4 is 10.6 Å². The molecule has 1 unspecified atom stereocenters. The molecule has 2 aromatic heterocycles. The summed E-state index contributed by atoms with van der Waals surface area (Å²) in [5, 5.41) is 4.17. The highest BCUT2D eigenvalue weighted by Crippen LogP contribution is 2.23. The van der Waals surface area contributed by atoms with Gasteiger partial charge >= 0.3 is 0 Å². The summed E-state index contributed by atoms with van der Waals surface area (Å²) in [6.07, 6.45) is 7.40. The summed E-state index contributed by atoms with van der Waals surface area (Å²) >= 11 is 0. The zero-order chi connectivity index (χ0) is 12.4. The van der Waals surface area contributed by atoms with Crippen molar-refractivity contribution in [2.45, 2.75) is 19.3 Å². The van der Waals surface area contributed by atoms with Crippen LogP contribution in [0.25, 0.3) is 5.65 Å². The highest BCUT2D eigenvalue weighted by Gasteiger charge is 2.20. The van der Waals surface area contributed by atoms with Gasteiger partial charge in [-0.1, -0.05) is 0 Å². The molecule has 2 N–H and O–H groups in total. The smallest absolute Gasteiger partial charge is 0.157 e. The van der Waals surface area contributed by atoms with E-state index < -0.39 is 0 Å². The first kappa shape index (κ1) is 11.5. The summed E-state index contributed by atoms with van der Waals surface area (Å²) < 4.78 is 1.80. The van der Waals surface area contributed by atoms with E-state index in [2.05, 4.69) is 15.0 Å². The van der Waals surface area contributed by atoms with E-state index >= 15 is 0 Å². The fourth-order valence-corrected chi connectivity index (χ4v) is 2.72. The predicted molar refractivity (Wildman–Crippen MR) is 71.6 cm³/mol. The van der Waals surface area contributed by atoms with Crippen LogP contribution in [0.15, 0.2) is 24.5 Å². The van der Waals surface area contributed by atoms with Crippen molar-refractivity contribution in [3.8, 4) is 0 Å². The first-order valence-electron chi connectivity index (χ1n) is 6.62. The van der Waals surface area contributed by atoms with Crippen LogP contribution >= 0.6 is 0 Å². The van der Waals surface area contributed by atoms with Gasteiger partial charge in [-0.15, -0.1) is 0 Å². The summed E-state index contributed by atoms with van der Waals surface area (Å²) in [4.78, 5) is 7.02. The van der Waals surface area contributed by atoms with Gasteiger partial charge in [-0.2, -0.15) is 5.10 Å². The fraction of sp³-hybridized carbons (Fsp3) is 0.538. The van der Waals surface area contributed by atoms with Crippen molar-refractivity contribution >= 4 is 11.5 Å². The Morgan fingerprint density at radius 1 is 1.39 bits per heavy atom. The van der Waals surface area contributed by atoms with E-state index in [1.54, 1.807) is 10.7 Å². The van der Waals surface area contributed by atoms with Crippen LogP contribution in [0, 0.1) is 5.92 Å². The van der Waals surface area contributed by atoms with Gasteiger partial charge in [0.15, 0.2) is 5.65 Å². The molecule has 18 heavy (non-hydrogen) atoms. The molecule has 0 bridgehead atoms. The quantitative estimate of drug-likeness (QED) is 0.885. The number of hydrogen-bond acceptors (Lipinski definition) is 4. The Bertz CT molecular complexity index is 519. The Morgan fingerprint density at radius 2 is 2.33 bits per heavy atom. The normalized spacial score (nSPS) is 20.5. The van der Waals surface area contributed by atoms with E-state index in [-0.39, 0.29) is 0 Å². The largest absolute Gasteiger partial charge is 0.356 e. The summed E-state index contributed by atoms with van der Waals surface area (Å²) in [7, 11) is 0. The van der Waals surface area contributed by atoms with Gasteiger partial charge in [0.05, 0.1) is 6.20 Å². The van der Waals surface area contributed by atoms with Crippen molar-refractivity contribution in [3.05, 3.63) is 24.5 Å². The maximum absolute atomic E-state index is 5.66. The van der Waals surface area contributed by atoms with Gasteiger partial charge < -0.3 is 10.6 Å². The van der Waals surface area contributed by atoms with Gasteiger partial charge in [-0.3, -0.25) is 0 Å². The number of nitrogens with two attached hydrogens (primary N) is 1. The van der Waals surface area contributed by atoms with Gasteiger partial charge in [-0.05, 0) is 37.8 Å². The Kier molecular flexibility index (Phi) is 3.15. The molecule has 96 valence electrons. The second kappa shape index (κ2) is 4.94. The number of anilines is 1. The lowest BCUT2D eigenvalue weighted by Crippen LogP contribution is -2.36. The molecule has 1 aliphatic heterocycles. The summed E-state index contributed by atoms with van der Waals surface area (Å²) in [5.41, 5.74) is 6.57. The molecule has 3 rings (SSSR count). The van der Waals surface area contributed by atoms with Crippen LogP contribution in [0.1, 0.15) is 19.3 Å². The first-order valence-corrected chi connectivity index (χ1v) is 6.62. The third-order valence-electron chi connectivity index (χ3n) is 3.66. The van der Waals surface area contributed by atoms with E-state index in [1.165, 1.54) is 12.8 Å². The number of piperidine rings is 1. The standard InChI is InChI=1S/C13H19N5/c14-6-3-11-2-1-8-17(10-11)12-5-9-18-13(16-12)4-7-15-18/h4-5,7,9,11H,1-3,6,8,10,14H2. The minimum atomic E-state index is 0.715. The fourth-order valence-electron chi connectivity index (χ4n) is 2.72. The molecule has 0 radical (unpaired) electrons. The highest BCUT2D eigenvalue weighted by molar-refractivity contribution is 5.47. The van der Waals surface area contributed by atoms with Crippen LogP contribution in [0.3, 0.4) is 0 Å². The number of fused-ring (bicyclic) bond motifs is 1. The Hall–Kier alpha value is -1.62. The number of hydrogen-bond donors (Lipinski definition) is 1. The molecule has 0 aliphatic carbocycles. The summed E-state index contributed by atoms with van der Waals surface area (Å²) in [5.74, 6) is 1.77. The third-order valence-corrected chi connectivity index (χ3v) is 3.66. The lowest BCUT2D eigenvalue weighted by atomic mass is 9.95. The van der Waals surface area contributed by atoms with Crippen LogP contribution in [0.2, 0.25) is 0 Å². The van der Waals surface area contributed by atoms with Gasteiger partial charge in [0.2, 0.25) is 0 Å². The minimum absolute atomic E-state index is 0.715. The second-order valence-electron chi connectivity index (χ2n) is 4.95. The van der Waals surface area contributed by atoms with Crippen molar-refractivity contribution in [1.29, 1.82) is 0 Å². The third kappa shape index (κ3) is 2.18. The SMILES string of the molecule is NCCC1CCCN(c2ccn3nccc3n2)C1.